The van der Waals surface area contributed by atoms with Crippen LogP contribution in [0.3, 0.4) is 0 Å². The van der Waals surface area contributed by atoms with Crippen LogP contribution in [0, 0.1) is 0 Å². The number of imidazole rings is 1. The highest BCUT2D eigenvalue weighted by Gasteiger charge is 2.14. The van der Waals surface area contributed by atoms with Crippen molar-refractivity contribution in [1.29, 1.82) is 0 Å². The molecule has 2 N–H and O–H groups in total. The monoisotopic (exact) mass is 404 g/mol. The molecule has 2 aromatic heterocycles. The first-order valence-corrected chi connectivity index (χ1v) is 9.04. The number of nitrogens with one attached hydrogen (secondary N) is 2. The zero-order valence-corrected chi connectivity index (χ0v) is 16.4. The Kier molecular flexibility index (Phi) is 5.39. The van der Waals surface area contributed by atoms with Crippen LogP contribution >= 0.6 is 23.2 Å². The van der Waals surface area contributed by atoms with Crippen LogP contribution in [-0.4, -0.2) is 19.5 Å². The van der Waals surface area contributed by atoms with Crippen LogP contribution in [0.1, 0.15) is 36.7 Å². The van der Waals surface area contributed by atoms with E-state index in [1.54, 1.807) is 18.5 Å². The summed E-state index contributed by atoms with van der Waals surface area (Å²) in [5, 5.41) is 1.14. The third kappa shape index (κ3) is 4.07. The molecule has 0 amide bonds. The summed E-state index contributed by atoms with van der Waals surface area (Å²) in [6, 6.07) is 5.46. The van der Waals surface area contributed by atoms with Gasteiger partial charge < -0.3 is 14.5 Å². The van der Waals surface area contributed by atoms with Crippen LogP contribution < -0.4 is 21.8 Å². The van der Waals surface area contributed by atoms with Gasteiger partial charge in [-0.05, 0) is 29.7 Å². The van der Waals surface area contributed by atoms with Gasteiger partial charge in [0.15, 0.2) is 0 Å². The second-order valence-corrected chi connectivity index (χ2v) is 7.31. The molecule has 0 aliphatic carbocycles. The van der Waals surface area contributed by atoms with Gasteiger partial charge in [-0.3, -0.25) is 9.59 Å². The average Bonchev–Trinajstić information content (AvgIpc) is 2.98. The molecule has 0 saturated heterocycles. The first-order chi connectivity index (χ1) is 12.8. The van der Waals surface area contributed by atoms with E-state index in [1.807, 2.05) is 30.5 Å². The number of aromatic amines is 2. The lowest BCUT2D eigenvalue weighted by molar-refractivity contribution is 0.690. The van der Waals surface area contributed by atoms with Crippen molar-refractivity contribution in [2.24, 2.45) is 0 Å². The van der Waals surface area contributed by atoms with E-state index in [4.69, 9.17) is 23.2 Å². The van der Waals surface area contributed by atoms with E-state index in [-0.39, 0.29) is 16.6 Å². The van der Waals surface area contributed by atoms with Crippen LogP contribution in [0.4, 0.5) is 0 Å². The van der Waals surface area contributed by atoms with E-state index in [0.717, 1.165) is 11.3 Å². The number of H-pyrrole nitrogens is 2. The fourth-order valence-corrected chi connectivity index (χ4v) is 3.18. The molecule has 0 bridgehead atoms. The second kappa shape index (κ2) is 7.58. The zero-order valence-electron chi connectivity index (χ0n) is 14.8. The Morgan fingerprint density at radius 2 is 1.93 bits per heavy atom. The highest BCUT2D eigenvalue weighted by Crippen LogP contribution is 2.25. The summed E-state index contributed by atoms with van der Waals surface area (Å²) < 4.78 is 1.98. The maximum absolute atomic E-state index is 12.1. The molecule has 0 aliphatic rings. The Bertz CT molecular complexity index is 1220. The lowest BCUT2D eigenvalue weighted by Gasteiger charge is -2.12. The molecule has 27 heavy (non-hydrogen) atoms. The molecule has 1 aromatic carbocycles. The summed E-state index contributed by atoms with van der Waals surface area (Å²) in [6.45, 7) is 8.10. The maximum atomic E-state index is 12.1. The van der Waals surface area contributed by atoms with Gasteiger partial charge in [-0.25, -0.2) is 4.98 Å². The Labute approximate surface area is 164 Å². The first-order valence-electron chi connectivity index (χ1n) is 8.28. The lowest BCUT2D eigenvalue weighted by atomic mass is 10.1. The molecule has 0 saturated carbocycles. The zero-order chi connectivity index (χ0) is 19.7. The number of aromatic nitrogens is 4. The molecule has 0 aliphatic heterocycles. The van der Waals surface area contributed by atoms with Crippen LogP contribution in [0.25, 0.3) is 12.7 Å². The highest BCUT2D eigenvalue weighted by molar-refractivity contribution is 6.42. The lowest BCUT2D eigenvalue weighted by Crippen LogP contribution is -2.46. The summed E-state index contributed by atoms with van der Waals surface area (Å²) in [5.41, 5.74) is 1.65. The number of rotatable bonds is 4. The normalized spacial score (nSPS) is 12.1. The average molecular weight is 405 g/mol. The molecule has 6 nitrogen and oxygen atoms in total. The second-order valence-electron chi connectivity index (χ2n) is 6.49. The molecular weight excluding hydrogens is 387 g/mol. The van der Waals surface area contributed by atoms with Crippen molar-refractivity contribution in [3.63, 3.8) is 0 Å². The van der Waals surface area contributed by atoms with E-state index >= 15 is 0 Å². The first kappa shape index (κ1) is 19.2. The Morgan fingerprint density at radius 1 is 1.19 bits per heavy atom. The number of halogens is 2. The largest absolute Gasteiger partial charge is 0.329 e. The minimum absolute atomic E-state index is 0.0198. The number of hydrogen-bond donors (Lipinski definition) is 2. The van der Waals surface area contributed by atoms with Gasteiger partial charge in [0.2, 0.25) is 0 Å². The van der Waals surface area contributed by atoms with Gasteiger partial charge in [0.05, 0.1) is 27.4 Å². The molecule has 8 heteroatoms. The molecule has 2 heterocycles. The summed E-state index contributed by atoms with van der Waals surface area (Å²) in [7, 11) is 0. The van der Waals surface area contributed by atoms with Crippen molar-refractivity contribution < 1.29 is 0 Å². The minimum atomic E-state index is -0.442. The molecule has 0 radical (unpaired) electrons. The van der Waals surface area contributed by atoms with Crippen molar-refractivity contribution in [2.45, 2.75) is 26.3 Å². The van der Waals surface area contributed by atoms with Gasteiger partial charge in [0, 0.05) is 12.2 Å². The van der Waals surface area contributed by atoms with Crippen LogP contribution in [0.2, 0.25) is 10.0 Å². The quantitative estimate of drug-likeness (QED) is 0.697. The Hall–Kier alpha value is -2.57. The molecule has 0 spiro atoms. The van der Waals surface area contributed by atoms with Crippen molar-refractivity contribution in [1.82, 2.24) is 19.5 Å². The van der Waals surface area contributed by atoms with Gasteiger partial charge in [-0.15, -0.1) is 0 Å². The fourth-order valence-electron chi connectivity index (χ4n) is 2.86. The molecule has 0 atom stereocenters. The maximum Gasteiger partial charge on any atom is 0.272 e. The molecule has 3 aromatic rings. The summed E-state index contributed by atoms with van der Waals surface area (Å²) in [5.74, 6) is 0.138. The molecule has 0 unspecified atom stereocenters. The summed E-state index contributed by atoms with van der Waals surface area (Å²) >= 11 is 12.1. The van der Waals surface area contributed by atoms with E-state index in [9.17, 15) is 9.59 Å². The third-order valence-electron chi connectivity index (χ3n) is 4.10. The van der Waals surface area contributed by atoms with Crippen LogP contribution in [0.15, 0.2) is 34.1 Å². The number of hydrogen-bond acceptors (Lipinski definition) is 3. The molecule has 0 fully saturated rings. The topological polar surface area (TPSA) is 83.5 Å². The molecule has 3 rings (SSSR count). The van der Waals surface area contributed by atoms with E-state index < -0.39 is 11.1 Å². The minimum Gasteiger partial charge on any atom is -0.329 e. The van der Waals surface area contributed by atoms with E-state index in [0.29, 0.717) is 22.3 Å². The van der Waals surface area contributed by atoms with Crippen LogP contribution in [0.5, 0.6) is 0 Å². The van der Waals surface area contributed by atoms with E-state index in [1.165, 1.54) is 0 Å². The predicted octanol–water partition coefficient (Wildman–Crippen LogP) is 1.98. The Balaban J connectivity index is 2.09. The smallest absolute Gasteiger partial charge is 0.272 e. The SMILES string of the molecule is C=c1[nH]c(=O)c(=Cc2ncn(Cc3ccc(Cl)c(Cl)c3)c2C(C)C)[nH]c1=O. The molecule has 140 valence electrons. The van der Waals surface area contributed by atoms with Gasteiger partial charge in [-0.1, -0.05) is 49.7 Å². The van der Waals surface area contributed by atoms with E-state index in [2.05, 4.69) is 21.5 Å². The number of benzene rings is 1. The van der Waals surface area contributed by atoms with Crippen LogP contribution in [-0.2, 0) is 6.54 Å². The molecular formula is C19H18Cl2N4O2. The number of nitrogens with zero attached hydrogens (tertiary/aromatic N) is 2. The van der Waals surface area contributed by atoms with Crippen molar-refractivity contribution in [3.8, 4) is 0 Å². The highest BCUT2D eigenvalue weighted by atomic mass is 35.5. The summed E-state index contributed by atoms with van der Waals surface area (Å²) in [4.78, 5) is 33.2. The van der Waals surface area contributed by atoms with Gasteiger partial charge in [-0.2, -0.15) is 0 Å². The van der Waals surface area contributed by atoms with Gasteiger partial charge in [0.25, 0.3) is 11.1 Å². The van der Waals surface area contributed by atoms with Gasteiger partial charge >= 0.3 is 0 Å². The predicted molar refractivity (Wildman–Crippen MR) is 108 cm³/mol. The third-order valence-corrected chi connectivity index (χ3v) is 4.84. The van der Waals surface area contributed by atoms with Gasteiger partial charge in [0.1, 0.15) is 5.35 Å². The fraction of sp³-hybridized carbons (Fsp3) is 0.211. The van der Waals surface area contributed by atoms with Crippen molar-refractivity contribution >= 4 is 35.9 Å². The van der Waals surface area contributed by atoms with Crippen molar-refractivity contribution in [3.05, 3.63) is 82.9 Å². The summed E-state index contributed by atoms with van der Waals surface area (Å²) in [6.07, 6.45) is 3.27. The van der Waals surface area contributed by atoms with Crippen molar-refractivity contribution in [2.75, 3.05) is 0 Å². The standard InChI is InChI=1S/C19H18Cl2N4O2/c1-10(2)17-15(7-16-19(27)23-11(3)18(26)24-16)22-9-25(17)8-12-4-5-13(20)14(21)6-12/h4-7,9-10H,3,8H2,1-2H3,(H,23,27)(H,24,26). The Morgan fingerprint density at radius 3 is 2.59 bits per heavy atom.